The third-order valence-corrected chi connectivity index (χ3v) is 3.11. The van der Waals surface area contributed by atoms with Crippen LogP contribution in [-0.4, -0.2) is 10.9 Å². The number of halogens is 2. The molecule has 0 aliphatic carbocycles. The summed E-state index contributed by atoms with van der Waals surface area (Å²) in [7, 11) is 0. The molecule has 2 aromatic carbocycles. The number of rotatable bonds is 4. The third kappa shape index (κ3) is 2.73. The van der Waals surface area contributed by atoms with Gasteiger partial charge in [-0.05, 0) is 29.8 Å². The molecule has 0 saturated heterocycles. The average molecular weight is 303 g/mol. The van der Waals surface area contributed by atoms with Gasteiger partial charge in [-0.3, -0.25) is 4.79 Å². The summed E-state index contributed by atoms with van der Waals surface area (Å²) in [5.41, 5.74) is 6.49. The van der Waals surface area contributed by atoms with Gasteiger partial charge >= 0.3 is 0 Å². The van der Waals surface area contributed by atoms with Crippen LogP contribution in [0.25, 0.3) is 11.1 Å². The summed E-state index contributed by atoms with van der Waals surface area (Å²) in [5, 5.41) is 2.73. The number of primary amides is 1. The minimum Gasteiger partial charge on any atom is -0.424 e. The van der Waals surface area contributed by atoms with Crippen LogP contribution in [0.3, 0.4) is 0 Å². The maximum atomic E-state index is 13.1. The van der Waals surface area contributed by atoms with Gasteiger partial charge in [0.1, 0.15) is 23.2 Å². The predicted molar refractivity (Wildman–Crippen MR) is 75.9 cm³/mol. The summed E-state index contributed by atoms with van der Waals surface area (Å²) in [4.78, 5) is 15.6. The molecule has 3 rings (SSSR count). The number of carbonyl (C=O) groups is 1. The first kappa shape index (κ1) is 14.0. The monoisotopic (exact) mass is 303 g/mol. The molecular weight excluding hydrogens is 292 g/mol. The zero-order valence-corrected chi connectivity index (χ0v) is 11.2. The molecule has 0 radical (unpaired) electrons. The SMILES string of the molecule is NC(=O)C(Nc1nc2cc(F)ccc2o1)c1ccc(F)cc1. The number of hydrogen-bond donors (Lipinski definition) is 2. The van der Waals surface area contributed by atoms with Crippen molar-refractivity contribution in [2.45, 2.75) is 6.04 Å². The van der Waals surface area contributed by atoms with Crippen molar-refractivity contribution in [1.82, 2.24) is 4.98 Å². The van der Waals surface area contributed by atoms with Crippen molar-refractivity contribution in [3.8, 4) is 0 Å². The quantitative estimate of drug-likeness (QED) is 0.776. The summed E-state index contributed by atoms with van der Waals surface area (Å²) in [6.45, 7) is 0. The standard InChI is InChI=1S/C15H11F2N3O2/c16-9-3-1-8(2-4-9)13(14(18)21)20-15-19-11-7-10(17)5-6-12(11)22-15/h1-7,13H,(H2,18,21)(H,19,20). The summed E-state index contributed by atoms with van der Waals surface area (Å²) in [5.74, 6) is -1.55. The number of nitrogens with one attached hydrogen (secondary N) is 1. The summed E-state index contributed by atoms with van der Waals surface area (Å²) in [6.07, 6.45) is 0. The van der Waals surface area contributed by atoms with Crippen molar-refractivity contribution in [2.75, 3.05) is 5.32 Å². The smallest absolute Gasteiger partial charge is 0.296 e. The zero-order valence-electron chi connectivity index (χ0n) is 11.2. The molecule has 1 heterocycles. The normalized spacial score (nSPS) is 12.3. The number of benzene rings is 2. The van der Waals surface area contributed by atoms with Gasteiger partial charge in [-0.25, -0.2) is 8.78 Å². The molecule has 0 aliphatic rings. The van der Waals surface area contributed by atoms with E-state index in [9.17, 15) is 13.6 Å². The van der Waals surface area contributed by atoms with Gasteiger partial charge in [0.2, 0.25) is 5.91 Å². The Morgan fingerprint density at radius 1 is 1.14 bits per heavy atom. The van der Waals surface area contributed by atoms with E-state index in [1.165, 1.54) is 42.5 Å². The minimum absolute atomic E-state index is 0.0220. The number of nitrogens with two attached hydrogens (primary N) is 1. The maximum Gasteiger partial charge on any atom is 0.296 e. The van der Waals surface area contributed by atoms with Gasteiger partial charge < -0.3 is 15.5 Å². The Balaban J connectivity index is 1.92. The van der Waals surface area contributed by atoms with Crippen LogP contribution < -0.4 is 11.1 Å². The Morgan fingerprint density at radius 3 is 2.50 bits per heavy atom. The molecule has 1 amide bonds. The molecular formula is C15H11F2N3O2. The molecule has 7 heteroatoms. The van der Waals surface area contributed by atoms with Crippen LogP contribution in [0.2, 0.25) is 0 Å². The van der Waals surface area contributed by atoms with E-state index in [4.69, 9.17) is 10.2 Å². The van der Waals surface area contributed by atoms with Crippen LogP contribution in [0, 0.1) is 11.6 Å². The summed E-state index contributed by atoms with van der Waals surface area (Å²) >= 11 is 0. The van der Waals surface area contributed by atoms with Gasteiger partial charge in [0, 0.05) is 6.07 Å². The molecule has 0 bridgehead atoms. The molecule has 3 aromatic rings. The van der Waals surface area contributed by atoms with E-state index < -0.39 is 23.6 Å². The lowest BCUT2D eigenvalue weighted by molar-refractivity contribution is -0.118. The zero-order chi connectivity index (χ0) is 15.7. The molecule has 0 aliphatic heterocycles. The summed E-state index contributed by atoms with van der Waals surface area (Å²) in [6, 6.07) is 8.25. The van der Waals surface area contributed by atoms with Crippen molar-refractivity contribution in [3.63, 3.8) is 0 Å². The van der Waals surface area contributed by atoms with Crippen molar-refractivity contribution >= 4 is 23.0 Å². The second kappa shape index (κ2) is 5.44. The first-order valence-corrected chi connectivity index (χ1v) is 6.40. The first-order chi connectivity index (χ1) is 10.5. The van der Waals surface area contributed by atoms with E-state index in [1.54, 1.807) is 0 Å². The molecule has 3 N–H and O–H groups in total. The molecule has 112 valence electrons. The Kier molecular flexibility index (Phi) is 3.46. The number of oxazole rings is 1. The van der Waals surface area contributed by atoms with E-state index in [0.717, 1.165) is 0 Å². The number of fused-ring (bicyclic) bond motifs is 1. The highest BCUT2D eigenvalue weighted by atomic mass is 19.1. The van der Waals surface area contributed by atoms with E-state index in [1.807, 2.05) is 0 Å². The van der Waals surface area contributed by atoms with Crippen LogP contribution >= 0.6 is 0 Å². The van der Waals surface area contributed by atoms with Gasteiger partial charge in [-0.1, -0.05) is 12.1 Å². The minimum atomic E-state index is -0.946. The molecule has 1 unspecified atom stereocenters. The Morgan fingerprint density at radius 2 is 1.82 bits per heavy atom. The second-order valence-corrected chi connectivity index (χ2v) is 4.66. The first-order valence-electron chi connectivity index (χ1n) is 6.40. The van der Waals surface area contributed by atoms with E-state index in [2.05, 4.69) is 10.3 Å². The topological polar surface area (TPSA) is 81.2 Å². The lowest BCUT2D eigenvalue weighted by Crippen LogP contribution is -2.27. The highest BCUT2D eigenvalue weighted by Gasteiger charge is 2.20. The number of hydrogen-bond acceptors (Lipinski definition) is 4. The predicted octanol–water partition coefficient (Wildman–Crippen LogP) is 2.74. The van der Waals surface area contributed by atoms with E-state index >= 15 is 0 Å². The van der Waals surface area contributed by atoms with Crippen LogP contribution in [0.15, 0.2) is 46.9 Å². The Hall–Kier alpha value is -2.96. The molecule has 0 fully saturated rings. The van der Waals surface area contributed by atoms with Crippen LogP contribution in [-0.2, 0) is 4.79 Å². The Labute approximate surface area is 123 Å². The average Bonchev–Trinajstić information content (AvgIpc) is 2.87. The van der Waals surface area contributed by atoms with Gasteiger partial charge in [-0.15, -0.1) is 0 Å². The lowest BCUT2D eigenvalue weighted by Gasteiger charge is -2.14. The van der Waals surface area contributed by atoms with Crippen LogP contribution in [0.4, 0.5) is 14.8 Å². The van der Waals surface area contributed by atoms with Crippen LogP contribution in [0.5, 0.6) is 0 Å². The number of amides is 1. The molecule has 0 spiro atoms. The fourth-order valence-corrected chi connectivity index (χ4v) is 2.06. The fraction of sp³-hybridized carbons (Fsp3) is 0.0667. The lowest BCUT2D eigenvalue weighted by atomic mass is 10.1. The van der Waals surface area contributed by atoms with Crippen molar-refractivity contribution in [2.24, 2.45) is 5.73 Å². The van der Waals surface area contributed by atoms with Gasteiger partial charge in [0.05, 0.1) is 0 Å². The van der Waals surface area contributed by atoms with Crippen molar-refractivity contribution in [1.29, 1.82) is 0 Å². The highest BCUT2D eigenvalue weighted by Crippen LogP contribution is 2.24. The van der Waals surface area contributed by atoms with Gasteiger partial charge in [0.15, 0.2) is 5.58 Å². The highest BCUT2D eigenvalue weighted by molar-refractivity contribution is 5.84. The van der Waals surface area contributed by atoms with Crippen molar-refractivity contribution < 1.29 is 18.0 Å². The second-order valence-electron chi connectivity index (χ2n) is 4.66. The van der Waals surface area contributed by atoms with Gasteiger partial charge in [0.25, 0.3) is 6.01 Å². The molecule has 5 nitrogen and oxygen atoms in total. The number of anilines is 1. The van der Waals surface area contributed by atoms with Gasteiger partial charge in [-0.2, -0.15) is 4.98 Å². The number of nitrogens with zero attached hydrogens (tertiary/aromatic N) is 1. The molecule has 22 heavy (non-hydrogen) atoms. The van der Waals surface area contributed by atoms with E-state index in [-0.39, 0.29) is 6.01 Å². The van der Waals surface area contributed by atoms with Crippen LogP contribution in [0.1, 0.15) is 11.6 Å². The Bertz CT molecular complexity index is 830. The molecule has 0 saturated carbocycles. The largest absolute Gasteiger partial charge is 0.424 e. The third-order valence-electron chi connectivity index (χ3n) is 3.11. The fourth-order valence-electron chi connectivity index (χ4n) is 2.06. The maximum absolute atomic E-state index is 13.1. The number of carbonyl (C=O) groups excluding carboxylic acids is 1. The van der Waals surface area contributed by atoms with Crippen molar-refractivity contribution in [3.05, 3.63) is 59.7 Å². The number of aromatic nitrogens is 1. The van der Waals surface area contributed by atoms with E-state index in [0.29, 0.717) is 16.7 Å². The summed E-state index contributed by atoms with van der Waals surface area (Å²) < 4.78 is 31.5. The molecule has 1 aromatic heterocycles. The molecule has 1 atom stereocenters.